The van der Waals surface area contributed by atoms with E-state index in [1.54, 1.807) is 11.3 Å². The van der Waals surface area contributed by atoms with Crippen molar-refractivity contribution >= 4 is 41.3 Å². The SMILES string of the molecule is CCNC(=NCC(C)(C)c1cccs1)NCCc1c(C)nn(C)c1C.I. The van der Waals surface area contributed by atoms with Crippen molar-refractivity contribution in [3.63, 3.8) is 0 Å². The summed E-state index contributed by atoms with van der Waals surface area (Å²) in [5.41, 5.74) is 3.72. The van der Waals surface area contributed by atoms with Gasteiger partial charge in [-0.25, -0.2) is 0 Å². The van der Waals surface area contributed by atoms with Gasteiger partial charge in [0, 0.05) is 36.1 Å². The summed E-state index contributed by atoms with van der Waals surface area (Å²) in [6, 6.07) is 4.29. The summed E-state index contributed by atoms with van der Waals surface area (Å²) in [6.45, 7) is 13.2. The van der Waals surface area contributed by atoms with Gasteiger partial charge in [-0.05, 0) is 44.2 Å². The van der Waals surface area contributed by atoms with Crippen molar-refractivity contribution in [2.75, 3.05) is 19.6 Å². The Labute approximate surface area is 178 Å². The zero-order valence-electron chi connectivity index (χ0n) is 16.7. The number of aryl methyl sites for hydroxylation is 2. The monoisotopic (exact) mass is 489 g/mol. The van der Waals surface area contributed by atoms with Gasteiger partial charge in [0.15, 0.2) is 5.96 Å². The first kappa shape index (κ1) is 23.0. The minimum absolute atomic E-state index is 0. The molecular weight excluding hydrogens is 457 g/mol. The van der Waals surface area contributed by atoms with E-state index in [0.717, 1.165) is 37.7 Å². The molecule has 0 atom stereocenters. The molecule has 0 radical (unpaired) electrons. The van der Waals surface area contributed by atoms with Crippen molar-refractivity contribution < 1.29 is 0 Å². The summed E-state index contributed by atoms with van der Waals surface area (Å²) < 4.78 is 1.95. The molecule has 2 rings (SSSR count). The number of thiophene rings is 1. The molecule has 2 N–H and O–H groups in total. The van der Waals surface area contributed by atoms with E-state index in [-0.39, 0.29) is 29.4 Å². The summed E-state index contributed by atoms with van der Waals surface area (Å²) in [7, 11) is 2.00. The maximum atomic E-state index is 4.80. The average Bonchev–Trinajstić information content (AvgIpc) is 3.17. The number of nitrogens with zero attached hydrogens (tertiary/aromatic N) is 3. The largest absolute Gasteiger partial charge is 0.357 e. The third-order valence-electron chi connectivity index (χ3n) is 4.49. The zero-order valence-corrected chi connectivity index (χ0v) is 19.9. The van der Waals surface area contributed by atoms with Gasteiger partial charge in [-0.3, -0.25) is 9.67 Å². The molecule has 0 saturated carbocycles. The van der Waals surface area contributed by atoms with Crippen LogP contribution in [-0.2, 0) is 18.9 Å². The van der Waals surface area contributed by atoms with Crippen LogP contribution in [0.1, 0.15) is 42.6 Å². The van der Waals surface area contributed by atoms with Gasteiger partial charge in [0.2, 0.25) is 0 Å². The predicted octanol–water partition coefficient (Wildman–Crippen LogP) is 3.79. The molecule has 146 valence electrons. The van der Waals surface area contributed by atoms with E-state index in [2.05, 4.69) is 67.9 Å². The van der Waals surface area contributed by atoms with E-state index in [9.17, 15) is 0 Å². The Bertz CT molecular complexity index is 704. The van der Waals surface area contributed by atoms with Crippen LogP contribution in [0.3, 0.4) is 0 Å². The summed E-state index contributed by atoms with van der Waals surface area (Å²) >= 11 is 1.80. The fourth-order valence-corrected chi connectivity index (χ4v) is 3.69. The van der Waals surface area contributed by atoms with Gasteiger partial charge in [-0.15, -0.1) is 35.3 Å². The molecule has 0 aliphatic rings. The van der Waals surface area contributed by atoms with Gasteiger partial charge in [0.1, 0.15) is 0 Å². The number of aromatic nitrogens is 2. The zero-order chi connectivity index (χ0) is 18.4. The van der Waals surface area contributed by atoms with Crippen LogP contribution >= 0.6 is 35.3 Å². The second kappa shape index (κ2) is 10.3. The highest BCUT2D eigenvalue weighted by Gasteiger charge is 2.21. The first-order valence-corrected chi connectivity index (χ1v) is 9.78. The number of rotatable bonds is 7. The lowest BCUT2D eigenvalue weighted by Gasteiger charge is -2.21. The van der Waals surface area contributed by atoms with Crippen LogP contribution in [0.15, 0.2) is 22.5 Å². The van der Waals surface area contributed by atoms with Crippen molar-refractivity contribution in [3.05, 3.63) is 39.3 Å². The highest BCUT2D eigenvalue weighted by Crippen LogP contribution is 2.27. The normalized spacial score (nSPS) is 12.0. The molecule has 0 unspecified atom stereocenters. The molecule has 5 nitrogen and oxygen atoms in total. The number of halogens is 1. The third kappa shape index (κ3) is 5.97. The highest BCUT2D eigenvalue weighted by atomic mass is 127. The lowest BCUT2D eigenvalue weighted by molar-refractivity contribution is 0.548. The number of hydrogen-bond acceptors (Lipinski definition) is 3. The van der Waals surface area contributed by atoms with E-state index < -0.39 is 0 Å². The molecule has 0 aromatic carbocycles. The van der Waals surface area contributed by atoms with Crippen molar-refractivity contribution in [1.29, 1.82) is 0 Å². The van der Waals surface area contributed by atoms with Crippen molar-refractivity contribution in [1.82, 2.24) is 20.4 Å². The Hall–Kier alpha value is -1.09. The van der Waals surface area contributed by atoms with Gasteiger partial charge in [-0.2, -0.15) is 5.10 Å². The standard InChI is InChI=1S/C19H31N5S.HI/c1-7-20-18(22-13-19(4,5)17-9-8-12-25-17)21-11-10-16-14(2)23-24(6)15(16)3;/h8-9,12H,7,10-11,13H2,1-6H3,(H2,20,21,22);1H. The summed E-state index contributed by atoms with van der Waals surface area (Å²) in [6.07, 6.45) is 0.949. The van der Waals surface area contributed by atoms with E-state index in [0.29, 0.717) is 0 Å². The van der Waals surface area contributed by atoms with E-state index in [4.69, 9.17) is 4.99 Å². The highest BCUT2D eigenvalue weighted by molar-refractivity contribution is 14.0. The van der Waals surface area contributed by atoms with Crippen molar-refractivity contribution in [3.8, 4) is 0 Å². The fourth-order valence-electron chi connectivity index (χ4n) is 2.85. The molecular formula is C19H32IN5S. The molecule has 2 heterocycles. The van der Waals surface area contributed by atoms with E-state index >= 15 is 0 Å². The predicted molar refractivity (Wildman–Crippen MR) is 123 cm³/mol. The summed E-state index contributed by atoms with van der Waals surface area (Å²) in [5, 5.41) is 13.4. The molecule has 0 saturated heterocycles. The molecule has 26 heavy (non-hydrogen) atoms. The average molecular weight is 489 g/mol. The topological polar surface area (TPSA) is 54.2 Å². The lowest BCUT2D eigenvalue weighted by Crippen LogP contribution is -2.39. The summed E-state index contributed by atoms with van der Waals surface area (Å²) in [4.78, 5) is 6.17. The van der Waals surface area contributed by atoms with Gasteiger partial charge in [0.25, 0.3) is 0 Å². The Morgan fingerprint density at radius 1 is 1.31 bits per heavy atom. The van der Waals surface area contributed by atoms with Gasteiger partial charge < -0.3 is 10.6 Å². The second-order valence-electron chi connectivity index (χ2n) is 7.01. The molecule has 0 amide bonds. The Morgan fingerprint density at radius 3 is 2.58 bits per heavy atom. The van der Waals surface area contributed by atoms with Crippen LogP contribution in [0.2, 0.25) is 0 Å². The molecule has 2 aromatic rings. The van der Waals surface area contributed by atoms with Crippen LogP contribution in [0.4, 0.5) is 0 Å². The maximum absolute atomic E-state index is 4.80. The van der Waals surface area contributed by atoms with Gasteiger partial charge >= 0.3 is 0 Å². The molecule has 0 spiro atoms. The second-order valence-corrected chi connectivity index (χ2v) is 7.95. The first-order valence-electron chi connectivity index (χ1n) is 8.90. The van der Waals surface area contributed by atoms with Crippen LogP contribution in [0, 0.1) is 13.8 Å². The van der Waals surface area contributed by atoms with E-state index in [1.165, 1.54) is 16.1 Å². The number of nitrogens with one attached hydrogen (secondary N) is 2. The Balaban J connectivity index is 0.00000338. The molecule has 2 aromatic heterocycles. The number of hydrogen-bond donors (Lipinski definition) is 2. The minimum Gasteiger partial charge on any atom is -0.357 e. The third-order valence-corrected chi connectivity index (χ3v) is 5.73. The van der Waals surface area contributed by atoms with Crippen LogP contribution < -0.4 is 10.6 Å². The molecule has 0 bridgehead atoms. The van der Waals surface area contributed by atoms with Crippen molar-refractivity contribution in [2.24, 2.45) is 12.0 Å². The number of aliphatic imine (C=N–C) groups is 1. The van der Waals surface area contributed by atoms with Crippen molar-refractivity contribution in [2.45, 2.75) is 46.5 Å². The smallest absolute Gasteiger partial charge is 0.191 e. The van der Waals surface area contributed by atoms with Gasteiger partial charge in [-0.1, -0.05) is 19.9 Å². The van der Waals surface area contributed by atoms with Crippen LogP contribution in [0.25, 0.3) is 0 Å². The lowest BCUT2D eigenvalue weighted by atomic mass is 9.92. The van der Waals surface area contributed by atoms with Crippen LogP contribution in [0.5, 0.6) is 0 Å². The fraction of sp³-hybridized carbons (Fsp3) is 0.579. The summed E-state index contributed by atoms with van der Waals surface area (Å²) in [5.74, 6) is 0.881. The maximum Gasteiger partial charge on any atom is 0.191 e. The minimum atomic E-state index is 0. The molecule has 0 aliphatic heterocycles. The first-order chi connectivity index (χ1) is 11.8. The van der Waals surface area contributed by atoms with Crippen LogP contribution in [-0.4, -0.2) is 35.4 Å². The number of guanidine groups is 1. The Kier molecular flexibility index (Phi) is 9.09. The molecule has 7 heteroatoms. The Morgan fingerprint density at radius 2 is 2.04 bits per heavy atom. The quantitative estimate of drug-likeness (QED) is 0.354. The van der Waals surface area contributed by atoms with E-state index in [1.807, 2.05) is 11.7 Å². The van der Waals surface area contributed by atoms with Gasteiger partial charge in [0.05, 0.1) is 12.2 Å². The molecule has 0 fully saturated rings. The molecule has 0 aliphatic carbocycles.